The molecule has 4 atom stereocenters. The molecular formula is C21H26O9. The van der Waals surface area contributed by atoms with Crippen molar-refractivity contribution in [2.24, 2.45) is 0 Å². The first-order chi connectivity index (χ1) is 14.4. The largest absolute Gasteiger partial charge is 0.496 e. The number of methoxy groups -OCH3 is 3. The van der Waals surface area contributed by atoms with E-state index in [1.807, 2.05) is 0 Å². The zero-order valence-electron chi connectivity index (χ0n) is 16.9. The fourth-order valence-corrected chi connectivity index (χ4v) is 2.89. The summed E-state index contributed by atoms with van der Waals surface area (Å²) in [6.07, 6.45) is -6.39. The van der Waals surface area contributed by atoms with Gasteiger partial charge in [0.1, 0.15) is 29.8 Å². The fraction of sp³-hybridized carbons (Fsp3) is 0.381. The molecule has 0 saturated carbocycles. The van der Waals surface area contributed by atoms with Gasteiger partial charge in [0, 0.05) is 17.2 Å². The standard InChI is InChI=1S/C21H26O9/c1-27-16-9-18(29-3)17(28-2)8-13(16)12-6-4-5-7-15(12)30-19(11-23)21(26)20(25)14(24)10-22/h4-9,11,14,19-22,24-26H,10H2,1-3H3/t14-,19+,20-,21-/m1/s1. The molecule has 0 amide bonds. The molecule has 0 saturated heterocycles. The zero-order chi connectivity index (χ0) is 22.3. The van der Waals surface area contributed by atoms with Gasteiger partial charge in [-0.2, -0.15) is 0 Å². The van der Waals surface area contributed by atoms with E-state index in [1.54, 1.807) is 36.4 Å². The van der Waals surface area contributed by atoms with Crippen LogP contribution in [0, 0.1) is 0 Å². The molecule has 0 spiro atoms. The van der Waals surface area contributed by atoms with Crippen LogP contribution in [0.3, 0.4) is 0 Å². The summed E-state index contributed by atoms with van der Waals surface area (Å²) in [5.74, 6) is 1.56. The number of carbonyl (C=O) groups excluding carboxylic acids is 1. The summed E-state index contributed by atoms with van der Waals surface area (Å²) in [5, 5.41) is 38.6. The SMILES string of the molecule is COc1cc(OC)c(-c2ccccc2O[C@@H](C=O)[C@@H](O)[C@H](O)[C@H](O)CO)cc1OC. The number of hydrogen-bond acceptors (Lipinski definition) is 9. The number of para-hydroxylation sites is 1. The molecule has 164 valence electrons. The van der Waals surface area contributed by atoms with E-state index in [0.717, 1.165) is 0 Å². The Bertz CT molecular complexity index is 839. The van der Waals surface area contributed by atoms with Crippen LogP contribution >= 0.6 is 0 Å². The fourth-order valence-electron chi connectivity index (χ4n) is 2.89. The van der Waals surface area contributed by atoms with Crippen molar-refractivity contribution in [2.75, 3.05) is 27.9 Å². The lowest BCUT2D eigenvalue weighted by Crippen LogP contribution is -2.48. The normalized spacial score (nSPS) is 14.9. The lowest BCUT2D eigenvalue weighted by molar-refractivity contribution is -0.132. The molecule has 2 aromatic carbocycles. The van der Waals surface area contributed by atoms with Gasteiger partial charge in [-0.1, -0.05) is 18.2 Å². The first kappa shape index (κ1) is 23.4. The van der Waals surface area contributed by atoms with Crippen LogP contribution < -0.4 is 18.9 Å². The van der Waals surface area contributed by atoms with Crippen molar-refractivity contribution in [1.82, 2.24) is 0 Å². The molecule has 9 heteroatoms. The van der Waals surface area contributed by atoms with Gasteiger partial charge < -0.3 is 39.4 Å². The number of aliphatic hydroxyl groups is 4. The number of rotatable bonds is 11. The summed E-state index contributed by atoms with van der Waals surface area (Å²) in [6.45, 7) is -0.788. The van der Waals surface area contributed by atoms with Gasteiger partial charge in [-0.15, -0.1) is 0 Å². The third-order valence-corrected chi connectivity index (χ3v) is 4.55. The number of hydrogen-bond donors (Lipinski definition) is 4. The van der Waals surface area contributed by atoms with Crippen LogP contribution in [0.4, 0.5) is 0 Å². The van der Waals surface area contributed by atoms with Crippen LogP contribution in [0.1, 0.15) is 0 Å². The third kappa shape index (κ3) is 5.00. The van der Waals surface area contributed by atoms with Crippen LogP contribution in [0.15, 0.2) is 36.4 Å². The van der Waals surface area contributed by atoms with Gasteiger partial charge in [-0.05, 0) is 12.1 Å². The minimum atomic E-state index is -1.78. The number of aliphatic hydroxyl groups excluding tert-OH is 4. The minimum Gasteiger partial charge on any atom is -0.496 e. The number of ether oxygens (including phenoxy) is 4. The second-order valence-corrected chi connectivity index (χ2v) is 6.35. The van der Waals surface area contributed by atoms with Crippen molar-refractivity contribution in [2.45, 2.75) is 24.4 Å². The van der Waals surface area contributed by atoms with Gasteiger partial charge in [0.2, 0.25) is 0 Å². The predicted octanol–water partition coefficient (Wildman–Crippen LogP) is 0.401. The molecule has 9 nitrogen and oxygen atoms in total. The monoisotopic (exact) mass is 422 g/mol. The van der Waals surface area contributed by atoms with Crippen molar-refractivity contribution in [1.29, 1.82) is 0 Å². The molecule has 0 aromatic heterocycles. The van der Waals surface area contributed by atoms with Crippen molar-refractivity contribution in [3.8, 4) is 34.1 Å². The molecule has 0 heterocycles. The molecule has 0 unspecified atom stereocenters. The summed E-state index contributed by atoms with van der Waals surface area (Å²) in [5.41, 5.74) is 1.09. The molecule has 0 radical (unpaired) electrons. The van der Waals surface area contributed by atoms with E-state index < -0.39 is 31.0 Å². The van der Waals surface area contributed by atoms with Crippen LogP contribution in [-0.4, -0.2) is 79.1 Å². The Balaban J connectivity index is 2.47. The first-order valence-corrected chi connectivity index (χ1v) is 9.08. The first-order valence-electron chi connectivity index (χ1n) is 9.08. The highest BCUT2D eigenvalue weighted by Crippen LogP contribution is 2.43. The van der Waals surface area contributed by atoms with Gasteiger partial charge >= 0.3 is 0 Å². The number of aldehydes is 1. The van der Waals surface area contributed by atoms with Crippen molar-refractivity contribution in [3.05, 3.63) is 36.4 Å². The maximum Gasteiger partial charge on any atom is 0.182 e. The molecule has 2 aromatic rings. The van der Waals surface area contributed by atoms with Crippen molar-refractivity contribution < 1.29 is 44.2 Å². The lowest BCUT2D eigenvalue weighted by Gasteiger charge is -2.27. The van der Waals surface area contributed by atoms with E-state index in [4.69, 9.17) is 24.1 Å². The minimum absolute atomic E-state index is 0.213. The van der Waals surface area contributed by atoms with Crippen molar-refractivity contribution >= 4 is 6.29 Å². The van der Waals surface area contributed by atoms with Gasteiger partial charge in [0.25, 0.3) is 0 Å². The van der Waals surface area contributed by atoms with E-state index in [0.29, 0.717) is 34.7 Å². The Morgan fingerprint density at radius 3 is 2.00 bits per heavy atom. The smallest absolute Gasteiger partial charge is 0.182 e. The Kier molecular flexibility index (Phi) is 8.43. The Morgan fingerprint density at radius 2 is 1.43 bits per heavy atom. The average Bonchev–Trinajstić information content (AvgIpc) is 2.80. The van der Waals surface area contributed by atoms with E-state index in [9.17, 15) is 20.1 Å². The van der Waals surface area contributed by atoms with Gasteiger partial charge in [-0.25, -0.2) is 0 Å². The molecule has 4 N–H and O–H groups in total. The molecule has 0 aliphatic heterocycles. The summed E-state index contributed by atoms with van der Waals surface area (Å²) < 4.78 is 21.7. The topological polar surface area (TPSA) is 135 Å². The van der Waals surface area contributed by atoms with Crippen LogP contribution in [-0.2, 0) is 4.79 Å². The van der Waals surface area contributed by atoms with Gasteiger partial charge in [0.05, 0.1) is 27.9 Å². The molecule has 2 rings (SSSR count). The van der Waals surface area contributed by atoms with Crippen molar-refractivity contribution in [3.63, 3.8) is 0 Å². The Morgan fingerprint density at radius 1 is 0.833 bits per heavy atom. The number of carbonyl (C=O) groups is 1. The average molecular weight is 422 g/mol. The molecule has 0 aliphatic rings. The highest BCUT2D eigenvalue weighted by atomic mass is 16.5. The molecular weight excluding hydrogens is 396 g/mol. The molecule has 30 heavy (non-hydrogen) atoms. The van der Waals surface area contributed by atoms with Crippen LogP contribution in [0.5, 0.6) is 23.0 Å². The molecule has 0 fully saturated rings. The Labute approximate surface area is 174 Å². The zero-order valence-corrected chi connectivity index (χ0v) is 16.9. The summed E-state index contributed by atoms with van der Waals surface area (Å²) in [7, 11) is 4.47. The highest BCUT2D eigenvalue weighted by molar-refractivity contribution is 5.79. The lowest BCUT2D eigenvalue weighted by atomic mass is 10.0. The number of benzene rings is 2. The highest BCUT2D eigenvalue weighted by Gasteiger charge is 2.33. The summed E-state index contributed by atoms with van der Waals surface area (Å²) in [6, 6.07) is 10.0. The van der Waals surface area contributed by atoms with E-state index in [2.05, 4.69) is 0 Å². The van der Waals surface area contributed by atoms with E-state index >= 15 is 0 Å². The van der Waals surface area contributed by atoms with Crippen LogP contribution in [0.25, 0.3) is 11.1 Å². The van der Waals surface area contributed by atoms with Gasteiger partial charge in [-0.3, -0.25) is 4.79 Å². The maximum absolute atomic E-state index is 11.5. The van der Waals surface area contributed by atoms with E-state index in [1.165, 1.54) is 21.3 Å². The maximum atomic E-state index is 11.5. The van der Waals surface area contributed by atoms with Gasteiger partial charge in [0.15, 0.2) is 23.9 Å². The van der Waals surface area contributed by atoms with E-state index in [-0.39, 0.29) is 5.75 Å². The van der Waals surface area contributed by atoms with Crippen LogP contribution in [0.2, 0.25) is 0 Å². The third-order valence-electron chi connectivity index (χ3n) is 4.55. The molecule has 0 bridgehead atoms. The summed E-state index contributed by atoms with van der Waals surface area (Å²) in [4.78, 5) is 11.5. The summed E-state index contributed by atoms with van der Waals surface area (Å²) >= 11 is 0. The molecule has 0 aliphatic carbocycles. The predicted molar refractivity (Wildman–Crippen MR) is 107 cm³/mol. The quantitative estimate of drug-likeness (QED) is 0.380. The Hall–Kier alpha value is -2.85. The second kappa shape index (κ2) is 10.8. The second-order valence-electron chi connectivity index (χ2n) is 6.35.